The van der Waals surface area contributed by atoms with Crippen molar-refractivity contribution in [3.05, 3.63) is 16.3 Å². The van der Waals surface area contributed by atoms with Gasteiger partial charge in [0.25, 0.3) is 0 Å². The molecule has 0 bridgehead atoms. The predicted molar refractivity (Wildman–Crippen MR) is 130 cm³/mol. The van der Waals surface area contributed by atoms with E-state index in [0.717, 1.165) is 12.2 Å². The molecule has 1 aromatic rings. The zero-order chi connectivity index (χ0) is 21.7. The Morgan fingerprint density at radius 1 is 0.833 bits per heavy atom. The van der Waals surface area contributed by atoms with Crippen LogP contribution in [-0.2, 0) is 9.47 Å². The minimum Gasteiger partial charge on any atom is -0.459 e. The highest BCUT2D eigenvalue weighted by Crippen LogP contribution is 2.20. The Hall–Kier alpha value is -1.07. The van der Waals surface area contributed by atoms with Gasteiger partial charge in [0, 0.05) is 24.2 Å². The summed E-state index contributed by atoms with van der Waals surface area (Å²) in [5, 5.41) is 5.41. The highest BCUT2D eigenvalue weighted by molar-refractivity contribution is 7.12. The van der Waals surface area contributed by atoms with E-state index in [0.29, 0.717) is 24.7 Å². The molecule has 0 saturated carbocycles. The first-order chi connectivity index (χ1) is 14.8. The van der Waals surface area contributed by atoms with Gasteiger partial charge in [0.15, 0.2) is 0 Å². The van der Waals surface area contributed by atoms with Crippen LogP contribution in [0.2, 0.25) is 0 Å². The number of thiophene rings is 1. The highest BCUT2D eigenvalue weighted by Gasteiger charge is 2.10. The summed E-state index contributed by atoms with van der Waals surface area (Å²) in [6.07, 6.45) is 19.3. The van der Waals surface area contributed by atoms with Crippen molar-refractivity contribution in [2.45, 2.75) is 104 Å². The summed E-state index contributed by atoms with van der Waals surface area (Å²) in [6.45, 7) is 6.58. The van der Waals surface area contributed by atoms with Crippen molar-refractivity contribution in [3.63, 3.8) is 0 Å². The molecule has 0 amide bonds. The van der Waals surface area contributed by atoms with Crippen LogP contribution in [-0.4, -0.2) is 32.3 Å². The summed E-state index contributed by atoms with van der Waals surface area (Å²) in [7, 11) is 0. The lowest BCUT2D eigenvalue weighted by Gasteiger charge is -2.05. The zero-order valence-corrected chi connectivity index (χ0v) is 20.3. The van der Waals surface area contributed by atoms with E-state index in [1.165, 1.54) is 101 Å². The standard InChI is InChI=1S/C25H45NO3S/c1-3-5-6-7-8-9-10-11-12-13-14-15-16-17-18-26-23-21-24(30-22-23)25(27)29-20-19-28-4-2/h21-22,26H,3-20H2,1-2H3. The lowest BCUT2D eigenvalue weighted by Crippen LogP contribution is -2.09. The Balaban J connectivity index is 1.89. The van der Waals surface area contributed by atoms with Gasteiger partial charge in [-0.15, -0.1) is 11.3 Å². The number of carbonyl (C=O) groups excluding carboxylic acids is 1. The molecule has 0 unspecified atom stereocenters. The molecule has 0 radical (unpaired) electrons. The number of hydrogen-bond donors (Lipinski definition) is 1. The smallest absolute Gasteiger partial charge is 0.348 e. The topological polar surface area (TPSA) is 47.6 Å². The van der Waals surface area contributed by atoms with Gasteiger partial charge in [-0.25, -0.2) is 4.79 Å². The minimum atomic E-state index is -0.260. The quantitative estimate of drug-likeness (QED) is 0.157. The molecule has 0 aliphatic heterocycles. The van der Waals surface area contributed by atoms with Crippen molar-refractivity contribution in [2.75, 3.05) is 31.7 Å². The molecule has 174 valence electrons. The zero-order valence-electron chi connectivity index (χ0n) is 19.5. The first kappa shape index (κ1) is 27.0. The van der Waals surface area contributed by atoms with Crippen molar-refractivity contribution in [1.29, 1.82) is 0 Å². The molecule has 1 rings (SSSR count). The van der Waals surface area contributed by atoms with E-state index < -0.39 is 0 Å². The Bertz CT molecular complexity index is 518. The molecule has 0 aliphatic rings. The molecule has 0 atom stereocenters. The number of carbonyl (C=O) groups is 1. The average molecular weight is 440 g/mol. The van der Waals surface area contributed by atoms with Gasteiger partial charge in [0.05, 0.1) is 6.61 Å². The number of hydrogen-bond acceptors (Lipinski definition) is 5. The molecule has 0 fully saturated rings. The van der Waals surface area contributed by atoms with Crippen molar-refractivity contribution >= 4 is 23.0 Å². The molecule has 0 spiro atoms. The number of nitrogens with one attached hydrogen (secondary N) is 1. The van der Waals surface area contributed by atoms with Gasteiger partial charge in [0.2, 0.25) is 0 Å². The second kappa shape index (κ2) is 19.9. The summed E-state index contributed by atoms with van der Waals surface area (Å²) in [4.78, 5) is 12.6. The lowest BCUT2D eigenvalue weighted by molar-refractivity contribution is 0.0340. The summed E-state index contributed by atoms with van der Waals surface area (Å²) in [5.74, 6) is -0.260. The van der Waals surface area contributed by atoms with Crippen LogP contribution < -0.4 is 5.32 Å². The normalized spacial score (nSPS) is 11.0. The third-order valence-electron chi connectivity index (χ3n) is 5.33. The molecule has 1 heterocycles. The van der Waals surface area contributed by atoms with E-state index >= 15 is 0 Å². The van der Waals surface area contributed by atoms with Crippen LogP contribution in [0.1, 0.15) is 113 Å². The van der Waals surface area contributed by atoms with Crippen molar-refractivity contribution in [3.8, 4) is 0 Å². The third kappa shape index (κ3) is 14.8. The van der Waals surface area contributed by atoms with E-state index in [-0.39, 0.29) is 5.97 Å². The molecule has 0 aliphatic carbocycles. The fraction of sp³-hybridized carbons (Fsp3) is 0.800. The van der Waals surface area contributed by atoms with Gasteiger partial charge in [-0.3, -0.25) is 0 Å². The first-order valence-corrected chi connectivity index (χ1v) is 13.2. The molecular weight excluding hydrogens is 394 g/mol. The molecule has 30 heavy (non-hydrogen) atoms. The average Bonchev–Trinajstić information content (AvgIpc) is 3.23. The fourth-order valence-corrected chi connectivity index (χ4v) is 4.25. The van der Waals surface area contributed by atoms with Gasteiger partial charge >= 0.3 is 5.97 Å². The van der Waals surface area contributed by atoms with Gasteiger partial charge < -0.3 is 14.8 Å². The van der Waals surface area contributed by atoms with Gasteiger partial charge in [-0.2, -0.15) is 0 Å². The summed E-state index contributed by atoms with van der Waals surface area (Å²) in [5.41, 5.74) is 1.02. The number of unbranched alkanes of at least 4 members (excludes halogenated alkanes) is 13. The second-order valence-corrected chi connectivity index (χ2v) is 8.97. The number of anilines is 1. The number of esters is 1. The van der Waals surface area contributed by atoms with Crippen LogP contribution in [0.25, 0.3) is 0 Å². The maximum absolute atomic E-state index is 11.9. The molecule has 4 nitrogen and oxygen atoms in total. The Kier molecular flexibility index (Phi) is 17.9. The van der Waals surface area contributed by atoms with E-state index in [4.69, 9.17) is 9.47 Å². The molecule has 1 aromatic heterocycles. The Morgan fingerprint density at radius 2 is 1.40 bits per heavy atom. The van der Waals surface area contributed by atoms with Gasteiger partial charge in [-0.1, -0.05) is 90.4 Å². The third-order valence-corrected chi connectivity index (χ3v) is 6.24. The summed E-state index contributed by atoms with van der Waals surface area (Å²) < 4.78 is 10.4. The van der Waals surface area contributed by atoms with Gasteiger partial charge in [0.1, 0.15) is 11.5 Å². The van der Waals surface area contributed by atoms with Crippen molar-refractivity contribution in [1.82, 2.24) is 0 Å². The molecule has 0 aromatic carbocycles. The SMILES string of the molecule is CCCCCCCCCCCCCCCCNc1csc(C(=O)OCCOCC)c1. The predicted octanol–water partition coefficient (Wildman–Crippen LogP) is 7.83. The maximum atomic E-state index is 11.9. The molecule has 0 saturated heterocycles. The number of ether oxygens (including phenoxy) is 2. The van der Waals surface area contributed by atoms with Crippen LogP contribution in [0.3, 0.4) is 0 Å². The monoisotopic (exact) mass is 439 g/mol. The first-order valence-electron chi connectivity index (χ1n) is 12.3. The van der Waals surface area contributed by atoms with E-state index in [9.17, 15) is 4.79 Å². The fourth-order valence-electron chi connectivity index (χ4n) is 3.50. The lowest BCUT2D eigenvalue weighted by atomic mass is 10.0. The highest BCUT2D eigenvalue weighted by atomic mass is 32.1. The minimum absolute atomic E-state index is 0.260. The van der Waals surface area contributed by atoms with Crippen molar-refractivity contribution in [2.24, 2.45) is 0 Å². The molecule has 1 N–H and O–H groups in total. The van der Waals surface area contributed by atoms with Crippen LogP contribution >= 0.6 is 11.3 Å². The van der Waals surface area contributed by atoms with Gasteiger partial charge in [-0.05, 0) is 19.4 Å². The summed E-state index contributed by atoms with van der Waals surface area (Å²) in [6, 6.07) is 1.89. The van der Waals surface area contributed by atoms with Crippen LogP contribution in [0.15, 0.2) is 11.4 Å². The number of rotatable bonds is 21. The van der Waals surface area contributed by atoms with E-state index in [1.54, 1.807) is 0 Å². The van der Waals surface area contributed by atoms with E-state index in [1.807, 2.05) is 18.4 Å². The Labute approximate surface area is 189 Å². The summed E-state index contributed by atoms with van der Waals surface area (Å²) >= 11 is 1.43. The van der Waals surface area contributed by atoms with Crippen LogP contribution in [0.4, 0.5) is 5.69 Å². The van der Waals surface area contributed by atoms with E-state index in [2.05, 4.69) is 12.2 Å². The molecule has 5 heteroatoms. The van der Waals surface area contributed by atoms with Crippen LogP contribution in [0.5, 0.6) is 0 Å². The molecular formula is C25H45NO3S. The maximum Gasteiger partial charge on any atom is 0.348 e. The Morgan fingerprint density at radius 3 is 1.97 bits per heavy atom. The van der Waals surface area contributed by atoms with Crippen molar-refractivity contribution < 1.29 is 14.3 Å². The second-order valence-electron chi connectivity index (χ2n) is 8.06. The largest absolute Gasteiger partial charge is 0.459 e. The van der Waals surface area contributed by atoms with Crippen LogP contribution in [0, 0.1) is 0 Å².